The molecule has 1 aromatic carbocycles. The molecule has 0 atom stereocenters. The van der Waals surface area contributed by atoms with Gasteiger partial charge in [-0.1, -0.05) is 11.8 Å². The van der Waals surface area contributed by atoms with Crippen molar-refractivity contribution in [1.29, 1.82) is 5.26 Å². The highest BCUT2D eigenvalue weighted by molar-refractivity contribution is 8.03. The molecule has 0 unspecified atom stereocenters. The average Bonchev–Trinajstić information content (AvgIpc) is 3.27. The van der Waals surface area contributed by atoms with E-state index in [4.69, 9.17) is 14.1 Å². The number of nitrogens with zero attached hydrogens (tertiary/aromatic N) is 3. The maximum absolute atomic E-state index is 12.1. The number of hydrogen-bond acceptors (Lipinski definition) is 8. The van der Waals surface area contributed by atoms with Crippen molar-refractivity contribution in [2.45, 2.75) is 17.0 Å². The van der Waals surface area contributed by atoms with Gasteiger partial charge in [0.05, 0.1) is 12.0 Å². The molecule has 1 amide bonds. The van der Waals surface area contributed by atoms with E-state index in [0.29, 0.717) is 16.7 Å². The van der Waals surface area contributed by atoms with Gasteiger partial charge in [-0.2, -0.15) is 5.26 Å². The Kier molecular flexibility index (Phi) is 5.42. The summed E-state index contributed by atoms with van der Waals surface area (Å²) in [6.45, 7) is 1.87. The lowest BCUT2D eigenvalue weighted by Gasteiger charge is -2.08. The Morgan fingerprint density at radius 2 is 2.24 bits per heavy atom. The SMILES string of the molecule is Cc1cc(SC#N)ccc1NC(=O)CSc1nnc(-c2ccco2)o1. The Hall–Kier alpha value is -2.70. The van der Waals surface area contributed by atoms with Crippen LogP contribution in [0.15, 0.2) is 55.5 Å². The molecular weight excluding hydrogens is 360 g/mol. The minimum absolute atomic E-state index is 0.133. The highest BCUT2D eigenvalue weighted by Crippen LogP contribution is 2.25. The molecule has 3 aromatic rings. The summed E-state index contributed by atoms with van der Waals surface area (Å²) in [5.74, 6) is 0.698. The standard InChI is InChI=1S/C16H12N4O3S2/c1-10-7-11(25-9-17)4-5-12(10)18-14(21)8-24-16-20-19-15(23-16)13-3-2-6-22-13/h2-7H,8H2,1H3,(H,18,21). The number of nitrogens with one attached hydrogen (secondary N) is 1. The van der Waals surface area contributed by atoms with Crippen molar-refractivity contribution in [3.8, 4) is 17.1 Å². The molecule has 126 valence electrons. The molecule has 3 rings (SSSR count). The van der Waals surface area contributed by atoms with E-state index in [9.17, 15) is 4.79 Å². The van der Waals surface area contributed by atoms with Crippen LogP contribution in [0.2, 0.25) is 0 Å². The number of thiocyanates is 1. The molecular formula is C16H12N4O3S2. The van der Waals surface area contributed by atoms with Crippen LogP contribution < -0.4 is 5.32 Å². The Morgan fingerprint density at radius 1 is 1.36 bits per heavy atom. The first-order valence-electron chi connectivity index (χ1n) is 7.12. The van der Waals surface area contributed by atoms with Crippen molar-refractivity contribution in [2.75, 3.05) is 11.1 Å². The molecule has 0 bridgehead atoms. The molecule has 2 heterocycles. The molecule has 0 saturated heterocycles. The molecule has 0 fully saturated rings. The normalized spacial score (nSPS) is 10.4. The lowest BCUT2D eigenvalue weighted by Crippen LogP contribution is -2.14. The van der Waals surface area contributed by atoms with Gasteiger partial charge in [0.1, 0.15) is 5.40 Å². The number of aryl methyl sites for hydroxylation is 1. The number of carbonyl (C=O) groups is 1. The summed E-state index contributed by atoms with van der Waals surface area (Å²) in [5, 5.41) is 21.6. The van der Waals surface area contributed by atoms with Gasteiger partial charge in [-0.25, -0.2) is 0 Å². The number of thioether (sulfide) groups is 2. The van der Waals surface area contributed by atoms with Crippen LogP contribution in [0.4, 0.5) is 5.69 Å². The molecule has 1 N–H and O–H groups in total. The third kappa shape index (κ3) is 4.43. The first-order valence-corrected chi connectivity index (χ1v) is 8.92. The van der Waals surface area contributed by atoms with E-state index in [1.807, 2.05) is 18.4 Å². The molecule has 0 radical (unpaired) electrons. The van der Waals surface area contributed by atoms with Gasteiger partial charge in [0.2, 0.25) is 5.91 Å². The summed E-state index contributed by atoms with van der Waals surface area (Å²) in [6.07, 6.45) is 1.52. The van der Waals surface area contributed by atoms with E-state index < -0.39 is 0 Å². The Balaban J connectivity index is 1.56. The number of furan rings is 1. The van der Waals surface area contributed by atoms with Crippen LogP contribution in [-0.2, 0) is 4.79 Å². The molecule has 2 aromatic heterocycles. The summed E-state index contributed by atoms with van der Waals surface area (Å²) in [6, 6.07) is 8.86. The lowest BCUT2D eigenvalue weighted by atomic mass is 10.2. The van der Waals surface area contributed by atoms with Gasteiger partial charge in [-0.15, -0.1) is 10.2 Å². The van der Waals surface area contributed by atoms with Crippen LogP contribution in [0.1, 0.15) is 5.56 Å². The second kappa shape index (κ2) is 7.92. The summed E-state index contributed by atoms with van der Waals surface area (Å²) >= 11 is 2.22. The number of anilines is 1. The molecule has 0 aliphatic heterocycles. The monoisotopic (exact) mass is 372 g/mol. The van der Waals surface area contributed by atoms with Crippen LogP contribution in [0.3, 0.4) is 0 Å². The van der Waals surface area contributed by atoms with Gasteiger partial charge in [0.15, 0.2) is 5.76 Å². The summed E-state index contributed by atoms with van der Waals surface area (Å²) in [7, 11) is 0. The smallest absolute Gasteiger partial charge is 0.284 e. The fourth-order valence-corrected chi connectivity index (χ4v) is 3.01. The summed E-state index contributed by atoms with van der Waals surface area (Å²) in [5.41, 5.74) is 1.59. The van der Waals surface area contributed by atoms with Gasteiger partial charge in [0, 0.05) is 10.6 Å². The largest absolute Gasteiger partial charge is 0.459 e. The minimum Gasteiger partial charge on any atom is -0.459 e. The zero-order valence-corrected chi connectivity index (χ0v) is 14.7. The zero-order chi connectivity index (χ0) is 17.6. The van der Waals surface area contributed by atoms with E-state index >= 15 is 0 Å². The quantitative estimate of drug-likeness (QED) is 0.512. The van der Waals surface area contributed by atoms with Crippen LogP contribution in [0.25, 0.3) is 11.7 Å². The molecule has 0 spiro atoms. The summed E-state index contributed by atoms with van der Waals surface area (Å²) < 4.78 is 10.6. The molecule has 0 aliphatic carbocycles. The van der Waals surface area contributed by atoms with Gasteiger partial charge in [-0.3, -0.25) is 4.79 Å². The zero-order valence-electron chi connectivity index (χ0n) is 13.1. The number of carbonyl (C=O) groups excluding carboxylic acids is 1. The highest BCUT2D eigenvalue weighted by Gasteiger charge is 2.13. The maximum atomic E-state index is 12.1. The maximum Gasteiger partial charge on any atom is 0.284 e. The number of nitriles is 1. The van der Waals surface area contributed by atoms with Crippen LogP contribution in [0.5, 0.6) is 0 Å². The topological polar surface area (TPSA) is 105 Å². The Labute approximate surface area is 151 Å². The molecule has 9 heteroatoms. The van der Waals surface area contributed by atoms with Crippen molar-refractivity contribution >= 4 is 35.1 Å². The van der Waals surface area contributed by atoms with E-state index in [1.165, 1.54) is 6.26 Å². The van der Waals surface area contributed by atoms with E-state index in [0.717, 1.165) is 34.0 Å². The first kappa shape index (κ1) is 17.1. The number of aromatic nitrogens is 2. The number of amides is 1. The third-order valence-corrected chi connectivity index (χ3v) is 4.50. The number of rotatable bonds is 6. The third-order valence-electron chi connectivity index (χ3n) is 3.10. The van der Waals surface area contributed by atoms with E-state index in [1.54, 1.807) is 24.3 Å². The van der Waals surface area contributed by atoms with Crippen molar-refractivity contribution in [2.24, 2.45) is 0 Å². The molecule has 0 saturated carbocycles. The Morgan fingerprint density at radius 3 is 2.96 bits per heavy atom. The van der Waals surface area contributed by atoms with Crippen molar-refractivity contribution in [3.05, 3.63) is 42.2 Å². The number of benzene rings is 1. The predicted octanol–water partition coefficient (Wildman–Crippen LogP) is 3.94. The van der Waals surface area contributed by atoms with Crippen molar-refractivity contribution < 1.29 is 13.6 Å². The van der Waals surface area contributed by atoms with E-state index in [-0.39, 0.29) is 17.6 Å². The van der Waals surface area contributed by atoms with Gasteiger partial charge in [0.25, 0.3) is 11.1 Å². The van der Waals surface area contributed by atoms with Crippen LogP contribution >= 0.6 is 23.5 Å². The molecule has 7 nitrogen and oxygen atoms in total. The average molecular weight is 372 g/mol. The predicted molar refractivity (Wildman–Crippen MR) is 94.0 cm³/mol. The summed E-state index contributed by atoms with van der Waals surface area (Å²) in [4.78, 5) is 12.9. The first-order chi connectivity index (χ1) is 12.2. The van der Waals surface area contributed by atoms with Crippen molar-refractivity contribution in [3.63, 3.8) is 0 Å². The van der Waals surface area contributed by atoms with Crippen molar-refractivity contribution in [1.82, 2.24) is 10.2 Å². The molecule has 25 heavy (non-hydrogen) atoms. The second-order valence-electron chi connectivity index (χ2n) is 4.86. The van der Waals surface area contributed by atoms with Gasteiger partial charge >= 0.3 is 0 Å². The van der Waals surface area contributed by atoms with Crippen LogP contribution in [-0.4, -0.2) is 21.9 Å². The van der Waals surface area contributed by atoms with Gasteiger partial charge in [-0.05, 0) is 54.6 Å². The highest BCUT2D eigenvalue weighted by atomic mass is 32.2. The van der Waals surface area contributed by atoms with Crippen LogP contribution in [0, 0.1) is 17.6 Å². The lowest BCUT2D eigenvalue weighted by molar-refractivity contribution is -0.113. The molecule has 0 aliphatic rings. The second-order valence-corrected chi connectivity index (χ2v) is 6.64. The fraction of sp³-hybridized carbons (Fsp3) is 0.125. The van der Waals surface area contributed by atoms with Gasteiger partial charge < -0.3 is 14.2 Å². The van der Waals surface area contributed by atoms with E-state index in [2.05, 4.69) is 15.5 Å². The Bertz CT molecular complexity index is 916. The fourth-order valence-electron chi connectivity index (χ4n) is 1.97. The number of hydrogen-bond donors (Lipinski definition) is 1. The minimum atomic E-state index is -0.188.